The number of benzene rings is 1. The van der Waals surface area contributed by atoms with E-state index in [1.165, 1.54) is 0 Å². The lowest BCUT2D eigenvalue weighted by Crippen LogP contribution is -2.44. The SMILES string of the molecule is CCC1(CO)CCN(CC(=O)Nc2ccccc2Cl)CC1. The van der Waals surface area contributed by atoms with Crippen LogP contribution < -0.4 is 5.32 Å². The van der Waals surface area contributed by atoms with Gasteiger partial charge in [0.05, 0.1) is 17.3 Å². The molecule has 1 saturated heterocycles. The average molecular weight is 311 g/mol. The van der Waals surface area contributed by atoms with Crippen LogP contribution in [0.4, 0.5) is 5.69 Å². The lowest BCUT2D eigenvalue weighted by atomic mass is 9.77. The Morgan fingerprint density at radius 1 is 1.38 bits per heavy atom. The lowest BCUT2D eigenvalue weighted by Gasteiger charge is -2.39. The van der Waals surface area contributed by atoms with Gasteiger partial charge >= 0.3 is 0 Å². The Labute approximate surface area is 131 Å². The van der Waals surface area contributed by atoms with Gasteiger partial charge in [0.25, 0.3) is 0 Å². The first-order valence-corrected chi connectivity index (χ1v) is 7.84. The number of aliphatic hydroxyl groups excluding tert-OH is 1. The topological polar surface area (TPSA) is 52.6 Å². The van der Waals surface area contributed by atoms with E-state index in [9.17, 15) is 9.90 Å². The van der Waals surface area contributed by atoms with Crippen molar-refractivity contribution in [1.82, 2.24) is 4.90 Å². The van der Waals surface area contributed by atoms with Crippen LogP contribution in [0.3, 0.4) is 0 Å². The summed E-state index contributed by atoms with van der Waals surface area (Å²) in [6.45, 7) is 4.43. The number of amides is 1. The largest absolute Gasteiger partial charge is 0.396 e. The van der Waals surface area contributed by atoms with E-state index in [2.05, 4.69) is 17.1 Å². The number of anilines is 1. The van der Waals surface area contributed by atoms with E-state index in [1.807, 2.05) is 12.1 Å². The van der Waals surface area contributed by atoms with Gasteiger partial charge in [-0.25, -0.2) is 0 Å². The lowest BCUT2D eigenvalue weighted by molar-refractivity contribution is -0.118. The Morgan fingerprint density at radius 2 is 2.05 bits per heavy atom. The van der Waals surface area contributed by atoms with E-state index in [-0.39, 0.29) is 17.9 Å². The number of piperidine rings is 1. The summed E-state index contributed by atoms with van der Waals surface area (Å²) in [5.41, 5.74) is 0.704. The number of likely N-dealkylation sites (tertiary alicyclic amines) is 1. The van der Waals surface area contributed by atoms with Crippen molar-refractivity contribution in [2.24, 2.45) is 5.41 Å². The molecule has 0 atom stereocenters. The summed E-state index contributed by atoms with van der Waals surface area (Å²) in [5, 5.41) is 12.9. The molecule has 0 aliphatic carbocycles. The molecule has 21 heavy (non-hydrogen) atoms. The maximum atomic E-state index is 12.1. The van der Waals surface area contributed by atoms with Crippen molar-refractivity contribution < 1.29 is 9.90 Å². The van der Waals surface area contributed by atoms with Crippen molar-refractivity contribution in [3.8, 4) is 0 Å². The molecule has 1 aromatic rings. The van der Waals surface area contributed by atoms with Gasteiger partial charge in [-0.15, -0.1) is 0 Å². The molecule has 0 spiro atoms. The first-order chi connectivity index (χ1) is 10.1. The zero-order chi connectivity index (χ0) is 15.3. The van der Waals surface area contributed by atoms with E-state index in [0.717, 1.165) is 32.4 Å². The Balaban J connectivity index is 1.84. The minimum Gasteiger partial charge on any atom is -0.396 e. The molecule has 2 N–H and O–H groups in total. The normalized spacial score (nSPS) is 18.4. The molecule has 4 nitrogen and oxygen atoms in total. The Hall–Kier alpha value is -1.10. The molecule has 2 rings (SSSR count). The number of carbonyl (C=O) groups excluding carboxylic acids is 1. The number of hydrogen-bond acceptors (Lipinski definition) is 3. The molecule has 0 bridgehead atoms. The summed E-state index contributed by atoms with van der Waals surface area (Å²) in [6.07, 6.45) is 2.88. The highest BCUT2D eigenvalue weighted by molar-refractivity contribution is 6.33. The molecule has 0 saturated carbocycles. The van der Waals surface area contributed by atoms with Crippen molar-refractivity contribution in [2.75, 3.05) is 31.6 Å². The van der Waals surface area contributed by atoms with Crippen LogP contribution in [-0.4, -0.2) is 42.2 Å². The monoisotopic (exact) mass is 310 g/mol. The molecule has 1 aliphatic heterocycles. The Morgan fingerprint density at radius 3 is 2.62 bits per heavy atom. The second-order valence-electron chi connectivity index (χ2n) is 5.82. The maximum absolute atomic E-state index is 12.1. The van der Waals surface area contributed by atoms with Crippen LogP contribution in [0.25, 0.3) is 0 Å². The maximum Gasteiger partial charge on any atom is 0.238 e. The van der Waals surface area contributed by atoms with Gasteiger partial charge in [0.1, 0.15) is 0 Å². The second-order valence-corrected chi connectivity index (χ2v) is 6.22. The van der Waals surface area contributed by atoms with Crippen LogP contribution >= 0.6 is 11.6 Å². The second kappa shape index (κ2) is 7.25. The number of hydrogen-bond donors (Lipinski definition) is 2. The molecule has 116 valence electrons. The zero-order valence-electron chi connectivity index (χ0n) is 12.4. The molecular weight excluding hydrogens is 288 g/mol. The molecule has 0 aromatic heterocycles. The van der Waals surface area contributed by atoms with E-state index < -0.39 is 0 Å². The van der Waals surface area contributed by atoms with E-state index in [1.54, 1.807) is 12.1 Å². The standard InChI is InChI=1S/C16H23ClN2O2/c1-2-16(12-20)7-9-19(10-8-16)11-15(21)18-14-6-4-3-5-13(14)17/h3-6,20H,2,7-12H2,1H3,(H,18,21). The molecule has 5 heteroatoms. The van der Waals surface area contributed by atoms with Crippen molar-refractivity contribution in [1.29, 1.82) is 0 Å². The fourth-order valence-electron chi connectivity index (χ4n) is 2.76. The quantitative estimate of drug-likeness (QED) is 0.879. The van der Waals surface area contributed by atoms with Crippen LogP contribution in [0.1, 0.15) is 26.2 Å². The van der Waals surface area contributed by atoms with Gasteiger partial charge in [-0.2, -0.15) is 0 Å². The molecular formula is C16H23ClN2O2. The first kappa shape index (κ1) is 16.3. The number of aliphatic hydroxyl groups is 1. The van der Waals surface area contributed by atoms with Gasteiger partial charge < -0.3 is 10.4 Å². The Bertz CT molecular complexity index is 479. The minimum absolute atomic E-state index is 0.0453. The highest BCUT2D eigenvalue weighted by atomic mass is 35.5. The number of nitrogens with zero attached hydrogens (tertiary/aromatic N) is 1. The smallest absolute Gasteiger partial charge is 0.238 e. The molecule has 0 radical (unpaired) electrons. The van der Waals surface area contributed by atoms with Gasteiger partial charge in [0.2, 0.25) is 5.91 Å². The predicted molar refractivity (Wildman–Crippen MR) is 85.6 cm³/mol. The number of para-hydroxylation sites is 1. The molecule has 0 unspecified atom stereocenters. The number of rotatable bonds is 5. The number of halogens is 1. The highest BCUT2D eigenvalue weighted by Crippen LogP contribution is 2.34. The summed E-state index contributed by atoms with van der Waals surface area (Å²) >= 11 is 6.03. The number of carbonyl (C=O) groups is 1. The third-order valence-electron chi connectivity index (χ3n) is 4.52. The van der Waals surface area contributed by atoms with Gasteiger partial charge in [-0.3, -0.25) is 9.69 Å². The number of nitrogens with one attached hydrogen (secondary N) is 1. The van der Waals surface area contributed by atoms with E-state index in [4.69, 9.17) is 11.6 Å². The summed E-state index contributed by atoms with van der Waals surface area (Å²) in [6, 6.07) is 7.24. The van der Waals surface area contributed by atoms with Crippen molar-refractivity contribution in [3.63, 3.8) is 0 Å². The van der Waals surface area contributed by atoms with Crippen LogP contribution in [0.5, 0.6) is 0 Å². The van der Waals surface area contributed by atoms with Gasteiger partial charge in [-0.1, -0.05) is 30.7 Å². The van der Waals surface area contributed by atoms with Gasteiger partial charge in [0, 0.05) is 6.61 Å². The summed E-state index contributed by atoms with van der Waals surface area (Å²) in [5.74, 6) is -0.0453. The van der Waals surface area contributed by atoms with Crippen LogP contribution in [0.2, 0.25) is 5.02 Å². The van der Waals surface area contributed by atoms with Gasteiger partial charge in [-0.05, 0) is 49.9 Å². The molecule has 1 amide bonds. The molecule has 1 fully saturated rings. The predicted octanol–water partition coefficient (Wildman–Crippen LogP) is 2.76. The third kappa shape index (κ3) is 4.19. The highest BCUT2D eigenvalue weighted by Gasteiger charge is 2.32. The summed E-state index contributed by atoms with van der Waals surface area (Å²) in [4.78, 5) is 14.2. The molecule has 1 aromatic carbocycles. The molecule has 1 aliphatic rings. The first-order valence-electron chi connectivity index (χ1n) is 7.46. The van der Waals surface area contributed by atoms with Crippen LogP contribution in [-0.2, 0) is 4.79 Å². The zero-order valence-corrected chi connectivity index (χ0v) is 13.2. The minimum atomic E-state index is -0.0453. The fourth-order valence-corrected chi connectivity index (χ4v) is 2.95. The van der Waals surface area contributed by atoms with Crippen molar-refractivity contribution in [2.45, 2.75) is 26.2 Å². The van der Waals surface area contributed by atoms with Crippen molar-refractivity contribution in [3.05, 3.63) is 29.3 Å². The van der Waals surface area contributed by atoms with E-state index in [0.29, 0.717) is 17.3 Å². The average Bonchev–Trinajstić information content (AvgIpc) is 2.51. The van der Waals surface area contributed by atoms with Gasteiger partial charge in [0.15, 0.2) is 0 Å². The molecule has 1 heterocycles. The fraction of sp³-hybridized carbons (Fsp3) is 0.562. The summed E-state index contributed by atoms with van der Waals surface area (Å²) in [7, 11) is 0. The van der Waals surface area contributed by atoms with Crippen molar-refractivity contribution >= 4 is 23.2 Å². The summed E-state index contributed by atoms with van der Waals surface area (Å²) < 4.78 is 0. The van der Waals surface area contributed by atoms with Crippen LogP contribution in [0, 0.1) is 5.41 Å². The Kier molecular flexibility index (Phi) is 5.62. The third-order valence-corrected chi connectivity index (χ3v) is 4.85. The van der Waals surface area contributed by atoms with E-state index >= 15 is 0 Å². The van der Waals surface area contributed by atoms with Crippen LogP contribution in [0.15, 0.2) is 24.3 Å².